The van der Waals surface area contributed by atoms with Gasteiger partial charge in [-0.3, -0.25) is 0 Å². The fourth-order valence-corrected chi connectivity index (χ4v) is 1.04. The van der Waals surface area contributed by atoms with E-state index in [0.29, 0.717) is 12.1 Å². The van der Waals surface area contributed by atoms with Gasteiger partial charge in [-0.15, -0.1) is 0 Å². The molecule has 0 aromatic rings. The lowest BCUT2D eigenvalue weighted by atomic mass is 10.2. The molecule has 0 saturated carbocycles. The molecule has 0 aromatic heterocycles. The van der Waals surface area contributed by atoms with Crippen LogP contribution in [0.5, 0.6) is 0 Å². The summed E-state index contributed by atoms with van der Waals surface area (Å²) in [4.78, 5) is 2.21. The van der Waals surface area contributed by atoms with E-state index in [-0.39, 0.29) is 0 Å². The molecule has 0 aliphatic heterocycles. The third kappa shape index (κ3) is 2.76. The van der Waals surface area contributed by atoms with Crippen molar-refractivity contribution in [2.45, 2.75) is 39.8 Å². The largest absolute Gasteiger partial charge is 0.403 e. The highest BCUT2D eigenvalue weighted by molar-refractivity contribution is 4.82. The van der Waals surface area contributed by atoms with Crippen LogP contribution in [-0.4, -0.2) is 17.0 Å². The van der Waals surface area contributed by atoms with E-state index in [4.69, 9.17) is 5.73 Å². The standard InChI is InChI=1S/C8H18N2/c1-7(2)10(6-5-9)8(3)4/h5-8H,9H2,1-4H3. The highest BCUT2D eigenvalue weighted by Gasteiger charge is 2.06. The Morgan fingerprint density at radius 1 is 1.10 bits per heavy atom. The summed E-state index contributed by atoms with van der Waals surface area (Å²) in [6.07, 6.45) is 3.51. The zero-order valence-electron chi connectivity index (χ0n) is 7.33. The molecule has 0 saturated heterocycles. The monoisotopic (exact) mass is 142 g/mol. The van der Waals surface area contributed by atoms with Crippen molar-refractivity contribution in [3.8, 4) is 0 Å². The lowest BCUT2D eigenvalue weighted by Gasteiger charge is -2.28. The van der Waals surface area contributed by atoms with E-state index in [0.717, 1.165) is 0 Å². The van der Waals surface area contributed by atoms with Gasteiger partial charge in [0.05, 0.1) is 0 Å². The topological polar surface area (TPSA) is 29.3 Å². The molecule has 0 aliphatic carbocycles. The van der Waals surface area contributed by atoms with E-state index >= 15 is 0 Å². The van der Waals surface area contributed by atoms with Gasteiger partial charge in [-0.25, -0.2) is 0 Å². The Morgan fingerprint density at radius 2 is 1.50 bits per heavy atom. The summed E-state index contributed by atoms with van der Waals surface area (Å²) in [5.74, 6) is 0. The van der Waals surface area contributed by atoms with Gasteiger partial charge in [0.2, 0.25) is 0 Å². The van der Waals surface area contributed by atoms with Crippen LogP contribution in [0.4, 0.5) is 0 Å². The summed E-state index contributed by atoms with van der Waals surface area (Å²) >= 11 is 0. The molecule has 0 spiro atoms. The van der Waals surface area contributed by atoms with Gasteiger partial charge in [-0.1, -0.05) is 0 Å². The molecule has 0 fully saturated rings. The first-order valence-electron chi connectivity index (χ1n) is 3.75. The fraction of sp³-hybridized carbons (Fsp3) is 0.750. The van der Waals surface area contributed by atoms with E-state index in [9.17, 15) is 0 Å². The molecule has 2 nitrogen and oxygen atoms in total. The van der Waals surface area contributed by atoms with Crippen molar-refractivity contribution in [3.63, 3.8) is 0 Å². The molecule has 60 valence electrons. The molecule has 0 amide bonds. The van der Waals surface area contributed by atoms with Gasteiger partial charge in [-0.05, 0) is 27.7 Å². The van der Waals surface area contributed by atoms with Gasteiger partial charge in [-0.2, -0.15) is 0 Å². The average molecular weight is 142 g/mol. The van der Waals surface area contributed by atoms with Gasteiger partial charge in [0, 0.05) is 24.5 Å². The second kappa shape index (κ2) is 4.20. The lowest BCUT2D eigenvalue weighted by molar-refractivity contribution is 0.255. The van der Waals surface area contributed by atoms with Crippen LogP contribution in [0.25, 0.3) is 0 Å². The molecule has 0 radical (unpaired) electrons. The van der Waals surface area contributed by atoms with Crippen molar-refractivity contribution in [3.05, 3.63) is 12.4 Å². The normalized spacial score (nSPS) is 11.8. The zero-order chi connectivity index (χ0) is 8.15. The van der Waals surface area contributed by atoms with Crippen LogP contribution >= 0.6 is 0 Å². The predicted octanol–water partition coefficient (Wildman–Crippen LogP) is 1.54. The first-order chi connectivity index (χ1) is 4.59. The van der Waals surface area contributed by atoms with E-state index < -0.39 is 0 Å². The molecule has 0 aliphatic rings. The maximum atomic E-state index is 5.28. The molecule has 2 N–H and O–H groups in total. The summed E-state index contributed by atoms with van der Waals surface area (Å²) in [6.45, 7) is 8.61. The number of rotatable bonds is 3. The summed E-state index contributed by atoms with van der Waals surface area (Å²) in [5.41, 5.74) is 5.28. The zero-order valence-corrected chi connectivity index (χ0v) is 7.33. The Balaban J connectivity index is 3.98. The van der Waals surface area contributed by atoms with Crippen LogP contribution in [0.15, 0.2) is 12.4 Å². The third-order valence-electron chi connectivity index (χ3n) is 1.45. The number of hydrogen-bond donors (Lipinski definition) is 1. The molecule has 10 heavy (non-hydrogen) atoms. The minimum Gasteiger partial charge on any atom is -0.403 e. The van der Waals surface area contributed by atoms with Gasteiger partial charge < -0.3 is 10.6 Å². The summed E-state index contributed by atoms with van der Waals surface area (Å²) in [6, 6.07) is 1.06. The van der Waals surface area contributed by atoms with Crippen LogP contribution in [0.2, 0.25) is 0 Å². The van der Waals surface area contributed by atoms with Gasteiger partial charge in [0.15, 0.2) is 0 Å². The van der Waals surface area contributed by atoms with Gasteiger partial charge in [0.25, 0.3) is 0 Å². The van der Waals surface area contributed by atoms with Gasteiger partial charge >= 0.3 is 0 Å². The van der Waals surface area contributed by atoms with Crippen LogP contribution < -0.4 is 5.73 Å². The summed E-state index contributed by atoms with van der Waals surface area (Å²) in [5, 5.41) is 0. The molecule has 0 bridgehead atoms. The molecule has 2 heteroatoms. The van der Waals surface area contributed by atoms with Crippen LogP contribution in [-0.2, 0) is 0 Å². The second-order valence-corrected chi connectivity index (χ2v) is 2.98. The molecule has 0 atom stereocenters. The minimum atomic E-state index is 0.528. The van der Waals surface area contributed by atoms with Crippen LogP contribution in [0.1, 0.15) is 27.7 Å². The Bertz CT molecular complexity index is 97.8. The number of nitrogens with two attached hydrogens (primary N) is 1. The number of hydrogen-bond acceptors (Lipinski definition) is 2. The maximum absolute atomic E-state index is 5.28. The summed E-state index contributed by atoms with van der Waals surface area (Å²) in [7, 11) is 0. The second-order valence-electron chi connectivity index (χ2n) is 2.98. The molecule has 0 heterocycles. The maximum Gasteiger partial charge on any atom is 0.0231 e. The third-order valence-corrected chi connectivity index (χ3v) is 1.45. The van der Waals surface area contributed by atoms with E-state index in [1.54, 1.807) is 6.20 Å². The van der Waals surface area contributed by atoms with Crippen LogP contribution in [0.3, 0.4) is 0 Å². The van der Waals surface area contributed by atoms with Crippen molar-refractivity contribution >= 4 is 0 Å². The van der Waals surface area contributed by atoms with Crippen LogP contribution in [0, 0.1) is 0 Å². The Hall–Kier alpha value is -0.660. The Morgan fingerprint density at radius 3 is 1.60 bits per heavy atom. The average Bonchev–Trinajstić information content (AvgIpc) is 1.81. The van der Waals surface area contributed by atoms with Crippen molar-refractivity contribution in [2.75, 3.05) is 0 Å². The quantitative estimate of drug-likeness (QED) is 0.647. The molecule has 0 unspecified atom stereocenters. The summed E-state index contributed by atoms with van der Waals surface area (Å²) < 4.78 is 0. The van der Waals surface area contributed by atoms with E-state index in [1.807, 2.05) is 6.20 Å². The molecular formula is C8H18N2. The molecular weight excluding hydrogens is 124 g/mol. The van der Waals surface area contributed by atoms with E-state index in [2.05, 4.69) is 32.6 Å². The number of nitrogens with zero attached hydrogens (tertiary/aromatic N) is 1. The predicted molar refractivity (Wildman–Crippen MR) is 45.4 cm³/mol. The van der Waals surface area contributed by atoms with Crippen molar-refractivity contribution in [1.29, 1.82) is 0 Å². The molecule has 0 rings (SSSR count). The highest BCUT2D eigenvalue weighted by atomic mass is 15.2. The lowest BCUT2D eigenvalue weighted by Crippen LogP contribution is -2.32. The van der Waals surface area contributed by atoms with E-state index in [1.165, 1.54) is 0 Å². The van der Waals surface area contributed by atoms with Crippen molar-refractivity contribution in [1.82, 2.24) is 4.90 Å². The van der Waals surface area contributed by atoms with Crippen molar-refractivity contribution < 1.29 is 0 Å². The first-order valence-corrected chi connectivity index (χ1v) is 3.75. The smallest absolute Gasteiger partial charge is 0.0231 e. The Labute approximate surface area is 63.7 Å². The first kappa shape index (κ1) is 9.34. The SMILES string of the molecule is CC(C)N(C=CN)C(C)C. The van der Waals surface area contributed by atoms with Crippen molar-refractivity contribution in [2.24, 2.45) is 5.73 Å². The minimum absolute atomic E-state index is 0.528. The molecule has 0 aromatic carbocycles. The van der Waals surface area contributed by atoms with Gasteiger partial charge in [0.1, 0.15) is 0 Å². The fourth-order valence-electron chi connectivity index (χ4n) is 1.04. The Kier molecular flexibility index (Phi) is 3.93. The highest BCUT2D eigenvalue weighted by Crippen LogP contribution is 2.03.